The number of aliphatic hydroxyl groups is 1. The number of β-amino-alcohol motifs (C(OH)–C–C–N with tert-alkyl or cyclic N) is 1. The summed E-state index contributed by atoms with van der Waals surface area (Å²) in [5.74, 6) is 0.543. The zero-order valence-corrected chi connectivity index (χ0v) is 14.1. The summed E-state index contributed by atoms with van der Waals surface area (Å²) in [5, 5.41) is 18.1. The van der Waals surface area contributed by atoms with E-state index in [1.54, 1.807) is 6.08 Å². The fourth-order valence-corrected chi connectivity index (χ4v) is 4.35. The van der Waals surface area contributed by atoms with Crippen LogP contribution in [0.3, 0.4) is 0 Å². The smallest absolute Gasteiger partial charge is 0.329 e. The van der Waals surface area contributed by atoms with E-state index in [0.717, 1.165) is 30.6 Å². The highest BCUT2D eigenvalue weighted by Crippen LogP contribution is 2.28. The summed E-state index contributed by atoms with van der Waals surface area (Å²) in [6.45, 7) is 6.23. The van der Waals surface area contributed by atoms with Crippen molar-refractivity contribution < 1.29 is 14.1 Å². The predicted molar refractivity (Wildman–Crippen MR) is 86.4 cm³/mol. The van der Waals surface area contributed by atoms with Gasteiger partial charge in [0.2, 0.25) is 9.47 Å². The molecule has 122 valence electrons. The Balaban J connectivity index is 2.06. The van der Waals surface area contributed by atoms with E-state index in [2.05, 4.69) is 23.7 Å². The molecule has 1 aliphatic rings. The second kappa shape index (κ2) is 7.80. The Hall–Kier alpha value is -1.32. The predicted octanol–water partition coefficient (Wildman–Crippen LogP) is 1.58. The molecule has 2 heterocycles. The van der Waals surface area contributed by atoms with Crippen molar-refractivity contribution in [1.29, 1.82) is 0 Å². The van der Waals surface area contributed by atoms with Crippen LogP contribution in [0.2, 0.25) is 0 Å². The minimum atomic E-state index is -1.20. The van der Waals surface area contributed by atoms with E-state index in [0.29, 0.717) is 16.6 Å². The quantitative estimate of drug-likeness (QED) is 0.439. The van der Waals surface area contributed by atoms with E-state index < -0.39 is 17.0 Å². The Bertz CT molecular complexity index is 563. The summed E-state index contributed by atoms with van der Waals surface area (Å²) < 4.78 is 12.5. The Morgan fingerprint density at radius 1 is 1.50 bits per heavy atom. The third-order valence-electron chi connectivity index (χ3n) is 3.24. The molecule has 1 fully saturated rings. The van der Waals surface area contributed by atoms with Gasteiger partial charge in [0.05, 0.1) is 17.3 Å². The first-order chi connectivity index (χ1) is 10.6. The van der Waals surface area contributed by atoms with Gasteiger partial charge in [0.1, 0.15) is 0 Å². The van der Waals surface area contributed by atoms with Gasteiger partial charge in [0, 0.05) is 12.3 Å². The van der Waals surface area contributed by atoms with Crippen molar-refractivity contribution in [3.05, 3.63) is 12.7 Å². The van der Waals surface area contributed by atoms with Crippen LogP contribution >= 0.6 is 11.3 Å². The number of aliphatic hydroxyl groups excluding tert-OH is 1. The maximum Gasteiger partial charge on any atom is 0.329 e. The lowest BCUT2D eigenvalue weighted by Crippen LogP contribution is -2.34. The minimum Gasteiger partial charge on any atom is -0.371 e. The summed E-state index contributed by atoms with van der Waals surface area (Å²) in [6.07, 6.45) is 3.59. The van der Waals surface area contributed by atoms with Crippen LogP contribution in [-0.4, -0.2) is 55.5 Å². The highest BCUT2D eigenvalue weighted by Gasteiger charge is 2.38. The van der Waals surface area contributed by atoms with Gasteiger partial charge in [-0.2, -0.15) is 0 Å². The minimum absolute atomic E-state index is 0.194. The van der Waals surface area contributed by atoms with E-state index in [1.807, 2.05) is 0 Å². The molecule has 1 aromatic rings. The Labute approximate surface area is 136 Å². The third kappa shape index (κ3) is 3.71. The second-order valence-corrected chi connectivity index (χ2v) is 7.63. The van der Waals surface area contributed by atoms with E-state index in [9.17, 15) is 14.1 Å². The van der Waals surface area contributed by atoms with E-state index in [-0.39, 0.29) is 17.7 Å². The van der Waals surface area contributed by atoms with Gasteiger partial charge >= 0.3 is 6.03 Å². The number of hydrogen-bond acceptors (Lipinski definition) is 6. The molecular formula is C13H20N4O3S2. The van der Waals surface area contributed by atoms with Gasteiger partial charge in [-0.05, 0) is 6.42 Å². The first kappa shape index (κ1) is 17.0. The summed E-state index contributed by atoms with van der Waals surface area (Å²) in [7, 11) is -1.20. The number of carbonyl (C=O) groups is 1. The van der Waals surface area contributed by atoms with Gasteiger partial charge in [-0.3, -0.25) is 4.21 Å². The van der Waals surface area contributed by atoms with Crippen LogP contribution in [0.25, 0.3) is 0 Å². The number of amides is 2. The number of nitrogens with zero attached hydrogens (tertiary/aromatic N) is 4. The highest BCUT2D eigenvalue weighted by molar-refractivity contribution is 7.87. The Kier molecular flexibility index (Phi) is 6.04. The molecule has 0 radical (unpaired) electrons. The zero-order valence-electron chi connectivity index (χ0n) is 12.5. The SMILES string of the molecule is C=CCN1CC(O)N(c2nnc(S(=O)CCCCC)s2)C1=O. The number of aromatic nitrogens is 2. The van der Waals surface area contributed by atoms with Crippen molar-refractivity contribution in [3.63, 3.8) is 0 Å². The average Bonchev–Trinajstić information content (AvgIpc) is 3.05. The molecule has 0 aromatic carbocycles. The summed E-state index contributed by atoms with van der Waals surface area (Å²) in [4.78, 5) is 14.9. The van der Waals surface area contributed by atoms with E-state index in [1.165, 1.54) is 9.80 Å². The van der Waals surface area contributed by atoms with Crippen molar-refractivity contribution in [2.45, 2.75) is 36.8 Å². The lowest BCUT2D eigenvalue weighted by molar-refractivity contribution is 0.180. The van der Waals surface area contributed by atoms with Crippen molar-refractivity contribution in [2.24, 2.45) is 0 Å². The third-order valence-corrected chi connectivity index (χ3v) is 5.89. The van der Waals surface area contributed by atoms with Crippen LogP contribution in [-0.2, 0) is 10.8 Å². The molecule has 1 N–H and O–H groups in total. The lowest BCUT2D eigenvalue weighted by Gasteiger charge is -2.15. The summed E-state index contributed by atoms with van der Waals surface area (Å²) in [5.41, 5.74) is 0. The normalized spacial score (nSPS) is 19.7. The molecule has 2 amide bonds. The summed E-state index contributed by atoms with van der Waals surface area (Å²) in [6, 6.07) is -0.341. The fourth-order valence-electron chi connectivity index (χ4n) is 2.12. The van der Waals surface area contributed by atoms with Crippen molar-refractivity contribution in [2.75, 3.05) is 23.7 Å². The molecule has 2 rings (SSSR count). The van der Waals surface area contributed by atoms with Crippen LogP contribution in [0.5, 0.6) is 0 Å². The van der Waals surface area contributed by atoms with E-state index in [4.69, 9.17) is 0 Å². The van der Waals surface area contributed by atoms with E-state index >= 15 is 0 Å². The molecule has 7 nitrogen and oxygen atoms in total. The zero-order chi connectivity index (χ0) is 16.1. The molecular weight excluding hydrogens is 324 g/mol. The largest absolute Gasteiger partial charge is 0.371 e. The van der Waals surface area contributed by atoms with Crippen LogP contribution in [0, 0.1) is 0 Å². The molecule has 1 aromatic heterocycles. The van der Waals surface area contributed by atoms with Crippen LogP contribution < -0.4 is 4.90 Å². The second-order valence-electron chi connectivity index (χ2n) is 4.93. The topological polar surface area (TPSA) is 86.6 Å². The first-order valence-corrected chi connectivity index (χ1v) is 9.31. The summed E-state index contributed by atoms with van der Waals surface area (Å²) >= 11 is 1.09. The number of hydrogen-bond donors (Lipinski definition) is 1. The number of carbonyl (C=O) groups excluding carboxylic acids is 1. The van der Waals surface area contributed by atoms with Crippen molar-refractivity contribution >= 4 is 33.3 Å². The maximum absolute atomic E-state index is 12.2. The number of unbranched alkanes of at least 4 members (excludes halogenated alkanes) is 2. The Morgan fingerprint density at radius 3 is 2.95 bits per heavy atom. The fraction of sp³-hybridized carbons (Fsp3) is 0.615. The molecule has 1 saturated heterocycles. The molecule has 0 saturated carbocycles. The molecule has 9 heteroatoms. The Morgan fingerprint density at radius 2 is 2.27 bits per heavy atom. The first-order valence-electron chi connectivity index (χ1n) is 7.17. The van der Waals surface area contributed by atoms with Gasteiger partial charge < -0.3 is 10.0 Å². The average molecular weight is 344 g/mol. The molecule has 0 aliphatic carbocycles. The highest BCUT2D eigenvalue weighted by atomic mass is 32.2. The van der Waals surface area contributed by atoms with Gasteiger partial charge in [0.25, 0.3) is 0 Å². The van der Waals surface area contributed by atoms with Crippen molar-refractivity contribution in [3.8, 4) is 0 Å². The van der Waals surface area contributed by atoms with Gasteiger partial charge in [0.15, 0.2) is 6.23 Å². The number of rotatable bonds is 8. The lowest BCUT2D eigenvalue weighted by atomic mass is 10.3. The molecule has 0 bridgehead atoms. The molecule has 2 unspecified atom stereocenters. The van der Waals surface area contributed by atoms with Gasteiger partial charge in [-0.15, -0.1) is 16.8 Å². The van der Waals surface area contributed by atoms with Gasteiger partial charge in [-0.25, -0.2) is 9.69 Å². The molecule has 22 heavy (non-hydrogen) atoms. The standard InChI is InChI=1S/C13H20N4O3S2/c1-3-5-6-8-22(20)12-15-14-11(21-12)17-10(18)9-16(7-4-2)13(17)19/h4,10,18H,2-3,5-9H2,1H3. The van der Waals surface area contributed by atoms with Crippen molar-refractivity contribution in [1.82, 2.24) is 15.1 Å². The number of urea groups is 1. The molecule has 0 spiro atoms. The maximum atomic E-state index is 12.2. The van der Waals surface area contributed by atoms with Crippen LogP contribution in [0.4, 0.5) is 9.93 Å². The van der Waals surface area contributed by atoms with Crippen LogP contribution in [0.1, 0.15) is 26.2 Å². The van der Waals surface area contributed by atoms with Crippen LogP contribution in [0.15, 0.2) is 17.0 Å². The number of anilines is 1. The monoisotopic (exact) mass is 344 g/mol. The molecule has 2 atom stereocenters. The molecule has 1 aliphatic heterocycles. The van der Waals surface area contributed by atoms with Gasteiger partial charge in [-0.1, -0.05) is 37.2 Å².